The first-order valence-electron chi connectivity index (χ1n) is 15.0. The van der Waals surface area contributed by atoms with Crippen LogP contribution in [0.5, 0.6) is 11.5 Å². The number of carbonyl (C=O) groups excluding carboxylic acids is 2. The summed E-state index contributed by atoms with van der Waals surface area (Å²) in [5.41, 5.74) is 1.71. The van der Waals surface area contributed by atoms with Gasteiger partial charge >= 0.3 is 5.97 Å². The number of aryl methyl sites for hydroxylation is 1. The van der Waals surface area contributed by atoms with Gasteiger partial charge < -0.3 is 19.4 Å². The number of esters is 1. The quantitative estimate of drug-likeness (QED) is 0.103. The minimum Gasteiger partial charge on any atom is -0.489 e. The van der Waals surface area contributed by atoms with Gasteiger partial charge in [-0.1, -0.05) is 95.5 Å². The topological polar surface area (TPSA) is 86.6 Å². The Balaban J connectivity index is 1.96. The molecular weight excluding hydrogens is 516 g/mol. The summed E-state index contributed by atoms with van der Waals surface area (Å²) in [6, 6.07) is 15.0. The van der Waals surface area contributed by atoms with Gasteiger partial charge in [-0.25, -0.2) is 0 Å². The van der Waals surface area contributed by atoms with E-state index in [-0.39, 0.29) is 17.4 Å². The summed E-state index contributed by atoms with van der Waals surface area (Å²) >= 11 is 0. The lowest BCUT2D eigenvalue weighted by molar-refractivity contribution is -0.132. The van der Waals surface area contributed by atoms with Crippen molar-refractivity contribution in [3.8, 4) is 11.5 Å². The number of hydrogen-bond acceptors (Lipinski definition) is 5. The second-order valence-corrected chi connectivity index (χ2v) is 10.4. The van der Waals surface area contributed by atoms with Gasteiger partial charge in [-0.3, -0.25) is 14.4 Å². The van der Waals surface area contributed by atoms with E-state index in [1.54, 1.807) is 22.8 Å². The Morgan fingerprint density at radius 2 is 1.54 bits per heavy atom. The lowest BCUT2D eigenvalue weighted by Gasteiger charge is -2.18. The number of fused-ring (bicyclic) bond motifs is 1. The fraction of sp³-hybridized carbons (Fsp3) is 0.441. The third-order valence-electron chi connectivity index (χ3n) is 6.90. The first-order chi connectivity index (χ1) is 19.9. The Kier molecular flexibility index (Phi) is 13.2. The fourth-order valence-corrected chi connectivity index (χ4v) is 4.75. The predicted octanol–water partition coefficient (Wildman–Crippen LogP) is 7.90. The number of hydrogen-bond donors (Lipinski definition) is 1. The molecule has 0 saturated carbocycles. The molecular formula is C34H44N2O5. The lowest BCUT2D eigenvalue weighted by Crippen LogP contribution is -2.25. The van der Waals surface area contributed by atoms with Crippen LogP contribution in [0, 0.1) is 0 Å². The third-order valence-corrected chi connectivity index (χ3v) is 6.90. The summed E-state index contributed by atoms with van der Waals surface area (Å²) in [7, 11) is 0. The zero-order valence-corrected chi connectivity index (χ0v) is 24.7. The summed E-state index contributed by atoms with van der Waals surface area (Å²) < 4.78 is 13.2. The van der Waals surface area contributed by atoms with E-state index in [0.29, 0.717) is 29.7 Å². The average Bonchev–Trinajstić information content (AvgIpc) is 2.96. The molecule has 41 heavy (non-hydrogen) atoms. The number of benzene rings is 2. The van der Waals surface area contributed by atoms with Crippen molar-refractivity contribution in [2.75, 3.05) is 11.9 Å². The number of anilines is 1. The van der Waals surface area contributed by atoms with Gasteiger partial charge in [0, 0.05) is 30.6 Å². The molecule has 0 aliphatic carbocycles. The molecule has 2 aromatic carbocycles. The number of pyridine rings is 1. The van der Waals surface area contributed by atoms with E-state index >= 15 is 0 Å². The molecule has 0 saturated heterocycles. The van der Waals surface area contributed by atoms with E-state index < -0.39 is 11.5 Å². The summed E-state index contributed by atoms with van der Waals surface area (Å²) in [5, 5.41) is 3.57. The Bertz CT molecular complexity index is 1360. The fourth-order valence-electron chi connectivity index (χ4n) is 4.75. The summed E-state index contributed by atoms with van der Waals surface area (Å²) in [5.74, 6) is -0.647. The molecule has 3 rings (SSSR count). The Labute approximate surface area is 243 Å². The summed E-state index contributed by atoms with van der Waals surface area (Å²) in [4.78, 5) is 38.4. The van der Waals surface area contributed by atoms with Crippen molar-refractivity contribution in [1.29, 1.82) is 0 Å². The molecule has 0 spiro atoms. The molecule has 0 radical (unpaired) electrons. The van der Waals surface area contributed by atoms with Gasteiger partial charge in [-0.2, -0.15) is 0 Å². The molecule has 0 bridgehead atoms. The molecule has 0 aliphatic heterocycles. The Morgan fingerprint density at radius 1 is 0.854 bits per heavy atom. The van der Waals surface area contributed by atoms with Crippen molar-refractivity contribution in [1.82, 2.24) is 4.57 Å². The van der Waals surface area contributed by atoms with Crippen LogP contribution in [-0.2, 0) is 16.1 Å². The first kappa shape index (κ1) is 31.7. The number of rotatable bonds is 17. The second-order valence-electron chi connectivity index (χ2n) is 10.4. The van der Waals surface area contributed by atoms with Crippen molar-refractivity contribution in [3.63, 3.8) is 0 Å². The van der Waals surface area contributed by atoms with Crippen LogP contribution in [0.3, 0.4) is 0 Å². The monoisotopic (exact) mass is 560 g/mol. The lowest BCUT2D eigenvalue weighted by atomic mass is 10.1. The molecule has 7 nitrogen and oxygen atoms in total. The zero-order valence-electron chi connectivity index (χ0n) is 24.7. The van der Waals surface area contributed by atoms with Crippen molar-refractivity contribution < 1.29 is 19.1 Å². The Morgan fingerprint density at radius 3 is 2.24 bits per heavy atom. The van der Waals surface area contributed by atoms with Gasteiger partial charge in [0.15, 0.2) is 5.75 Å². The SMILES string of the molecule is CCCCCCCCn1c(=O)c(OC(C)=O)c(OCCCCCC)c2ccc(NC(=O)C=Cc3ccccc3)cc21. The van der Waals surface area contributed by atoms with Gasteiger partial charge in [0.2, 0.25) is 11.7 Å². The van der Waals surface area contributed by atoms with E-state index in [1.807, 2.05) is 36.4 Å². The van der Waals surface area contributed by atoms with E-state index in [0.717, 1.165) is 50.5 Å². The van der Waals surface area contributed by atoms with Gasteiger partial charge in [0.1, 0.15) is 0 Å². The van der Waals surface area contributed by atoms with E-state index in [9.17, 15) is 14.4 Å². The second kappa shape index (κ2) is 17.1. The number of amides is 1. The van der Waals surface area contributed by atoms with Gasteiger partial charge in [0.05, 0.1) is 12.1 Å². The van der Waals surface area contributed by atoms with Gasteiger partial charge in [-0.15, -0.1) is 0 Å². The van der Waals surface area contributed by atoms with E-state index in [4.69, 9.17) is 9.47 Å². The largest absolute Gasteiger partial charge is 0.489 e. The number of ether oxygens (including phenoxy) is 2. The normalized spacial score (nSPS) is 11.2. The standard InChI is InChI=1S/C34H44N2O5/c1-4-6-8-10-11-15-23-36-30-25-28(35-31(38)22-19-27-17-13-12-14-18-27)20-21-29(30)32(40-24-16-9-7-5-2)33(34(36)39)41-26(3)37/h12-14,17-22,25H,4-11,15-16,23-24H2,1-3H3,(H,35,38). The maximum absolute atomic E-state index is 13.7. The van der Waals surface area contributed by atoms with E-state index in [2.05, 4.69) is 19.2 Å². The van der Waals surface area contributed by atoms with Crippen molar-refractivity contribution in [3.05, 3.63) is 70.5 Å². The van der Waals surface area contributed by atoms with Crippen LogP contribution in [-0.4, -0.2) is 23.1 Å². The van der Waals surface area contributed by atoms with Gasteiger partial charge in [0.25, 0.3) is 5.56 Å². The Hall–Kier alpha value is -3.87. The maximum atomic E-state index is 13.7. The maximum Gasteiger partial charge on any atom is 0.308 e. The zero-order chi connectivity index (χ0) is 29.5. The third kappa shape index (κ3) is 9.92. The summed E-state index contributed by atoms with van der Waals surface area (Å²) in [6.07, 6.45) is 13.7. The molecule has 0 aliphatic rings. The first-order valence-corrected chi connectivity index (χ1v) is 15.0. The molecule has 1 heterocycles. The molecule has 7 heteroatoms. The average molecular weight is 561 g/mol. The molecule has 1 amide bonds. The predicted molar refractivity (Wildman–Crippen MR) is 167 cm³/mol. The van der Waals surface area contributed by atoms with Crippen LogP contribution < -0.4 is 20.3 Å². The number of unbranched alkanes of at least 4 members (excludes halogenated alkanes) is 8. The molecule has 3 aromatic rings. The molecule has 0 atom stereocenters. The molecule has 0 fully saturated rings. The van der Waals surface area contributed by atoms with Crippen LogP contribution in [0.4, 0.5) is 5.69 Å². The molecule has 1 aromatic heterocycles. The molecule has 0 unspecified atom stereocenters. The van der Waals surface area contributed by atoms with Crippen molar-refractivity contribution >= 4 is 34.5 Å². The van der Waals surface area contributed by atoms with E-state index in [1.165, 1.54) is 32.3 Å². The highest BCUT2D eigenvalue weighted by molar-refractivity contribution is 6.03. The summed E-state index contributed by atoms with van der Waals surface area (Å²) in [6.45, 7) is 6.49. The van der Waals surface area contributed by atoms with Crippen molar-refractivity contribution in [2.45, 2.75) is 91.5 Å². The highest BCUT2D eigenvalue weighted by Crippen LogP contribution is 2.35. The molecule has 220 valence electrons. The van der Waals surface area contributed by atoms with Crippen molar-refractivity contribution in [2.24, 2.45) is 0 Å². The highest BCUT2D eigenvalue weighted by Gasteiger charge is 2.21. The van der Waals surface area contributed by atoms with Gasteiger partial charge in [-0.05, 0) is 42.7 Å². The number of carbonyl (C=O) groups is 2. The highest BCUT2D eigenvalue weighted by atomic mass is 16.6. The number of nitrogens with one attached hydrogen (secondary N) is 1. The van der Waals surface area contributed by atoms with Crippen LogP contribution in [0.15, 0.2) is 59.4 Å². The van der Waals surface area contributed by atoms with Crippen LogP contribution in [0.1, 0.15) is 90.5 Å². The number of aromatic nitrogens is 1. The smallest absolute Gasteiger partial charge is 0.308 e. The van der Waals surface area contributed by atoms with Crippen LogP contribution in [0.25, 0.3) is 17.0 Å². The number of nitrogens with zero attached hydrogens (tertiary/aromatic N) is 1. The minimum absolute atomic E-state index is 0.0749. The van der Waals surface area contributed by atoms with Crippen LogP contribution >= 0.6 is 0 Å². The molecule has 1 N–H and O–H groups in total. The van der Waals surface area contributed by atoms with Crippen LogP contribution in [0.2, 0.25) is 0 Å². The minimum atomic E-state index is -0.572.